The van der Waals surface area contributed by atoms with Crippen LogP contribution in [0.25, 0.3) is 81.0 Å². The fraction of sp³-hybridized carbons (Fsp3) is 0. The molecule has 4 nitrogen and oxygen atoms in total. The molecule has 0 fully saturated rings. The summed E-state index contributed by atoms with van der Waals surface area (Å²) < 4.78 is 17.2. The molecule has 9 rings (SSSR count). The zero-order valence-electron chi connectivity index (χ0n) is 18.9. The highest BCUT2D eigenvalue weighted by molar-refractivity contribution is 7.25. The van der Waals surface area contributed by atoms with Crippen molar-refractivity contribution >= 4 is 86.4 Å². The molecule has 0 saturated heterocycles. The van der Waals surface area contributed by atoms with E-state index < -0.39 is 0 Å². The summed E-state index contributed by atoms with van der Waals surface area (Å²) in [6.45, 7) is 0. The highest BCUT2D eigenvalue weighted by Gasteiger charge is 2.20. The number of hydrogen-bond donors (Lipinski definition) is 0. The Morgan fingerprint density at radius 1 is 0.556 bits per heavy atom. The monoisotopic (exact) mass is 480 g/mol. The van der Waals surface area contributed by atoms with Crippen molar-refractivity contribution in [1.29, 1.82) is 0 Å². The van der Waals surface area contributed by atoms with E-state index in [9.17, 15) is 0 Å². The van der Waals surface area contributed by atoms with E-state index in [0.29, 0.717) is 6.01 Å². The first-order chi connectivity index (χ1) is 17.8. The van der Waals surface area contributed by atoms with E-state index in [0.717, 1.165) is 44.1 Å². The normalized spacial score (nSPS) is 12.4. The van der Waals surface area contributed by atoms with Crippen molar-refractivity contribution in [2.45, 2.75) is 0 Å². The van der Waals surface area contributed by atoms with Crippen molar-refractivity contribution in [2.24, 2.45) is 0 Å². The maximum absolute atomic E-state index is 6.44. The lowest BCUT2D eigenvalue weighted by atomic mass is 10.1. The summed E-state index contributed by atoms with van der Waals surface area (Å²) in [6.07, 6.45) is 0. The molecule has 0 N–H and O–H groups in total. The van der Waals surface area contributed by atoms with Crippen LogP contribution in [0.4, 0.5) is 0 Å². The first-order valence-corrected chi connectivity index (χ1v) is 12.7. The molecule has 0 aliphatic heterocycles. The minimum Gasteiger partial charge on any atom is -0.456 e. The van der Waals surface area contributed by atoms with E-state index in [-0.39, 0.29) is 0 Å². The Kier molecular flexibility index (Phi) is 3.39. The molecule has 9 aromatic rings. The highest BCUT2D eigenvalue weighted by atomic mass is 32.1. The molecule has 36 heavy (non-hydrogen) atoms. The highest BCUT2D eigenvalue weighted by Crippen LogP contribution is 2.41. The summed E-state index contributed by atoms with van der Waals surface area (Å²) in [7, 11) is 0. The van der Waals surface area contributed by atoms with Crippen molar-refractivity contribution in [3.05, 3.63) is 97.1 Å². The van der Waals surface area contributed by atoms with Crippen molar-refractivity contribution in [3.8, 4) is 6.01 Å². The van der Waals surface area contributed by atoms with Gasteiger partial charge < -0.3 is 8.83 Å². The van der Waals surface area contributed by atoms with Crippen LogP contribution in [0, 0.1) is 0 Å². The van der Waals surface area contributed by atoms with Crippen LogP contribution in [0.5, 0.6) is 0 Å². The summed E-state index contributed by atoms with van der Waals surface area (Å²) >= 11 is 1.82. The largest absolute Gasteiger partial charge is 0.456 e. The number of rotatable bonds is 1. The van der Waals surface area contributed by atoms with Crippen LogP contribution in [-0.4, -0.2) is 9.55 Å². The Bertz CT molecular complexity index is 2330. The third-order valence-electron chi connectivity index (χ3n) is 7.25. The van der Waals surface area contributed by atoms with Crippen molar-refractivity contribution in [1.82, 2.24) is 9.55 Å². The number of fused-ring (bicyclic) bond motifs is 11. The molecule has 4 heterocycles. The second-order valence-electron chi connectivity index (χ2n) is 9.20. The Morgan fingerprint density at radius 2 is 1.33 bits per heavy atom. The van der Waals surface area contributed by atoms with Crippen molar-refractivity contribution in [2.75, 3.05) is 0 Å². The summed E-state index contributed by atoms with van der Waals surface area (Å²) in [5.74, 6) is 0. The van der Waals surface area contributed by atoms with Crippen LogP contribution in [0.15, 0.2) is 106 Å². The molecule has 4 aromatic heterocycles. The van der Waals surface area contributed by atoms with Gasteiger partial charge in [0, 0.05) is 36.3 Å². The molecule has 0 unspecified atom stereocenters. The number of thiophene rings is 1. The van der Waals surface area contributed by atoms with Gasteiger partial charge >= 0.3 is 6.01 Å². The average molecular weight is 481 g/mol. The average Bonchev–Trinajstić information content (AvgIpc) is 3.66. The molecule has 0 spiro atoms. The van der Waals surface area contributed by atoms with Gasteiger partial charge in [-0.1, -0.05) is 54.6 Å². The zero-order chi connectivity index (χ0) is 23.4. The number of furan rings is 1. The number of hydrogen-bond acceptors (Lipinski definition) is 4. The molecule has 0 saturated carbocycles. The first-order valence-electron chi connectivity index (χ1n) is 11.9. The van der Waals surface area contributed by atoms with E-state index in [1.165, 1.54) is 30.9 Å². The molecule has 5 heteroatoms. The number of benzene rings is 5. The van der Waals surface area contributed by atoms with Gasteiger partial charge in [-0.3, -0.25) is 4.57 Å². The molecule has 5 aromatic carbocycles. The van der Waals surface area contributed by atoms with Gasteiger partial charge in [0.25, 0.3) is 0 Å². The van der Waals surface area contributed by atoms with Gasteiger partial charge in [-0.15, -0.1) is 11.3 Å². The number of nitrogens with zero attached hydrogens (tertiary/aromatic N) is 2. The smallest absolute Gasteiger partial charge is 0.307 e. The molecule has 0 bridgehead atoms. The number of para-hydroxylation sites is 2. The predicted octanol–water partition coefficient (Wildman–Crippen LogP) is 9.19. The van der Waals surface area contributed by atoms with E-state index in [1.807, 2.05) is 41.7 Å². The Morgan fingerprint density at radius 3 is 2.28 bits per heavy atom. The lowest BCUT2D eigenvalue weighted by molar-refractivity contribution is 0.574. The van der Waals surface area contributed by atoms with Crippen LogP contribution >= 0.6 is 11.3 Å². The maximum Gasteiger partial charge on any atom is 0.307 e. The minimum atomic E-state index is 0.564. The number of oxazole rings is 1. The molecule has 0 aliphatic rings. The minimum absolute atomic E-state index is 0.564. The van der Waals surface area contributed by atoms with E-state index in [1.54, 1.807) is 0 Å². The predicted molar refractivity (Wildman–Crippen MR) is 149 cm³/mol. The topological polar surface area (TPSA) is 44.1 Å². The van der Waals surface area contributed by atoms with Gasteiger partial charge in [0.2, 0.25) is 0 Å². The number of aromatic nitrogens is 2. The molecule has 0 atom stereocenters. The quantitative estimate of drug-likeness (QED) is 0.235. The van der Waals surface area contributed by atoms with Crippen molar-refractivity contribution in [3.63, 3.8) is 0 Å². The SMILES string of the molecule is c1ccc2c(c1)oc1ccc3oc(-n4c5ccccc5c5cc6c(cc54)sc4ccccc46)nc3c12. The molecule has 0 radical (unpaired) electrons. The summed E-state index contributed by atoms with van der Waals surface area (Å²) in [5, 5.41) is 7.01. The van der Waals surface area contributed by atoms with Crippen LogP contribution in [0.1, 0.15) is 0 Å². The summed E-state index contributed by atoms with van der Waals surface area (Å²) in [4.78, 5) is 5.07. The van der Waals surface area contributed by atoms with Crippen molar-refractivity contribution < 1.29 is 8.83 Å². The third kappa shape index (κ3) is 2.30. The van der Waals surface area contributed by atoms with Gasteiger partial charge in [0.15, 0.2) is 5.58 Å². The van der Waals surface area contributed by atoms with Crippen LogP contribution in [0.3, 0.4) is 0 Å². The lowest BCUT2D eigenvalue weighted by Crippen LogP contribution is -1.93. The van der Waals surface area contributed by atoms with E-state index >= 15 is 0 Å². The fourth-order valence-electron chi connectivity index (χ4n) is 5.68. The van der Waals surface area contributed by atoms with Gasteiger partial charge in [-0.2, -0.15) is 4.98 Å². The molecule has 168 valence electrons. The lowest BCUT2D eigenvalue weighted by Gasteiger charge is -2.01. The second kappa shape index (κ2) is 6.53. The van der Waals surface area contributed by atoms with Gasteiger partial charge in [-0.05, 0) is 42.5 Å². The van der Waals surface area contributed by atoms with Crippen LogP contribution in [0.2, 0.25) is 0 Å². The summed E-state index contributed by atoms with van der Waals surface area (Å²) in [6, 6.07) is 34.3. The summed E-state index contributed by atoms with van der Waals surface area (Å²) in [5.41, 5.74) is 5.41. The Labute approximate surface area is 207 Å². The van der Waals surface area contributed by atoms with Gasteiger partial charge in [-0.25, -0.2) is 0 Å². The Balaban J connectivity index is 1.42. The van der Waals surface area contributed by atoms with Gasteiger partial charge in [0.05, 0.1) is 16.4 Å². The first kappa shape index (κ1) is 18.7. The molecule has 0 aliphatic carbocycles. The van der Waals surface area contributed by atoms with E-state index in [4.69, 9.17) is 13.8 Å². The zero-order valence-corrected chi connectivity index (χ0v) is 19.7. The van der Waals surface area contributed by atoms with Crippen LogP contribution < -0.4 is 0 Å². The maximum atomic E-state index is 6.44. The fourth-order valence-corrected chi connectivity index (χ4v) is 6.80. The molecular weight excluding hydrogens is 464 g/mol. The molecule has 0 amide bonds. The Hall–Kier alpha value is -4.61. The standard InChI is InChI=1S/C31H16N2O2S/c1-4-10-22-17(7-1)20-15-21-18-8-3-6-12-27(18)36-28(21)16-23(20)33(22)31-32-30-26(35-31)14-13-25-29(30)19-9-2-5-11-24(19)34-25/h1-16H. The molecular formula is C31H16N2O2S. The van der Waals surface area contributed by atoms with Gasteiger partial charge in [0.1, 0.15) is 16.7 Å². The van der Waals surface area contributed by atoms with Crippen LogP contribution in [-0.2, 0) is 0 Å². The third-order valence-corrected chi connectivity index (χ3v) is 8.38. The second-order valence-corrected chi connectivity index (χ2v) is 10.3. The van der Waals surface area contributed by atoms with E-state index in [2.05, 4.69) is 71.3 Å².